The second-order valence-electron chi connectivity index (χ2n) is 9.19. The van der Waals surface area contributed by atoms with Crippen LogP contribution in [0.1, 0.15) is 51.0 Å². The Hall–Kier alpha value is -1.63. The van der Waals surface area contributed by atoms with Crippen molar-refractivity contribution in [3.8, 4) is 0 Å². The lowest BCUT2D eigenvalue weighted by molar-refractivity contribution is 0.00565. The van der Waals surface area contributed by atoms with E-state index in [1.54, 1.807) is 0 Å². The standard InChI is InChI=1S/C26H44N4O2/c1-3-27-26(29(2)16-10-23-13-20-31-21-14-23)28-15-7-19-32-25-11-17-30(18-12-25)22-24-8-5-4-6-9-24/h4-6,8-9,23,25H,3,7,10-22H2,1-2H3,(H,27,28). The van der Waals surface area contributed by atoms with Crippen LogP contribution >= 0.6 is 0 Å². The zero-order valence-corrected chi connectivity index (χ0v) is 20.3. The van der Waals surface area contributed by atoms with Crippen molar-refractivity contribution < 1.29 is 9.47 Å². The number of guanidine groups is 1. The SMILES string of the molecule is CCNC(=NCCCOC1CCN(Cc2ccccc2)CC1)N(C)CCC1CCOCC1. The molecule has 32 heavy (non-hydrogen) atoms. The number of benzene rings is 1. The van der Waals surface area contributed by atoms with Gasteiger partial charge in [-0.3, -0.25) is 9.89 Å². The van der Waals surface area contributed by atoms with Gasteiger partial charge in [-0.1, -0.05) is 30.3 Å². The van der Waals surface area contributed by atoms with Crippen molar-refractivity contribution in [2.24, 2.45) is 10.9 Å². The number of piperidine rings is 1. The number of hydrogen-bond donors (Lipinski definition) is 1. The summed E-state index contributed by atoms with van der Waals surface area (Å²) in [5, 5.41) is 3.44. The van der Waals surface area contributed by atoms with Crippen LogP contribution in [-0.4, -0.2) is 81.5 Å². The number of rotatable bonds is 11. The fraction of sp³-hybridized carbons (Fsp3) is 0.731. The van der Waals surface area contributed by atoms with Gasteiger partial charge in [0, 0.05) is 66.1 Å². The second kappa shape index (κ2) is 14.5. The van der Waals surface area contributed by atoms with E-state index in [-0.39, 0.29) is 0 Å². The molecule has 180 valence electrons. The maximum atomic E-state index is 6.17. The molecule has 0 saturated carbocycles. The molecular weight excluding hydrogens is 400 g/mol. The summed E-state index contributed by atoms with van der Waals surface area (Å²) in [5.41, 5.74) is 1.40. The summed E-state index contributed by atoms with van der Waals surface area (Å²) in [5.74, 6) is 1.82. The van der Waals surface area contributed by atoms with Gasteiger partial charge >= 0.3 is 0 Å². The summed E-state index contributed by atoms with van der Waals surface area (Å²) in [6, 6.07) is 10.8. The highest BCUT2D eigenvalue weighted by Crippen LogP contribution is 2.19. The van der Waals surface area contributed by atoms with Crippen molar-refractivity contribution in [1.82, 2.24) is 15.1 Å². The number of nitrogens with zero attached hydrogens (tertiary/aromatic N) is 3. The molecule has 2 heterocycles. The summed E-state index contributed by atoms with van der Waals surface area (Å²) >= 11 is 0. The lowest BCUT2D eigenvalue weighted by atomic mass is 9.96. The smallest absolute Gasteiger partial charge is 0.193 e. The highest BCUT2D eigenvalue weighted by atomic mass is 16.5. The van der Waals surface area contributed by atoms with Gasteiger partial charge in [-0.25, -0.2) is 0 Å². The summed E-state index contributed by atoms with van der Waals surface area (Å²) in [7, 11) is 2.15. The number of likely N-dealkylation sites (tertiary alicyclic amines) is 1. The largest absolute Gasteiger partial charge is 0.381 e. The van der Waals surface area contributed by atoms with E-state index in [4.69, 9.17) is 14.5 Å². The molecule has 0 aliphatic carbocycles. The van der Waals surface area contributed by atoms with Crippen LogP contribution < -0.4 is 5.32 Å². The normalized spacial score (nSPS) is 19.2. The molecule has 0 unspecified atom stereocenters. The van der Waals surface area contributed by atoms with Crippen molar-refractivity contribution in [3.05, 3.63) is 35.9 Å². The molecule has 0 aromatic heterocycles. The predicted octanol–water partition coefficient (Wildman–Crippen LogP) is 3.77. The maximum Gasteiger partial charge on any atom is 0.193 e. The zero-order valence-electron chi connectivity index (χ0n) is 20.3. The minimum atomic E-state index is 0.404. The third-order valence-electron chi connectivity index (χ3n) is 6.61. The zero-order chi connectivity index (χ0) is 22.4. The van der Waals surface area contributed by atoms with Crippen molar-refractivity contribution >= 4 is 5.96 Å². The molecule has 3 rings (SSSR count). The molecular formula is C26H44N4O2. The number of nitrogens with one attached hydrogen (secondary N) is 1. The van der Waals surface area contributed by atoms with Gasteiger partial charge in [0.25, 0.3) is 0 Å². The Kier molecular flexibility index (Phi) is 11.3. The van der Waals surface area contributed by atoms with Gasteiger partial charge in [-0.05, 0) is 56.9 Å². The highest BCUT2D eigenvalue weighted by molar-refractivity contribution is 5.79. The summed E-state index contributed by atoms with van der Waals surface area (Å²) in [6.07, 6.45) is 7.26. The first-order chi connectivity index (χ1) is 15.7. The van der Waals surface area contributed by atoms with E-state index in [2.05, 4.69) is 59.4 Å². The Balaban J connectivity index is 1.28. The van der Waals surface area contributed by atoms with Crippen LogP contribution in [0.2, 0.25) is 0 Å². The molecule has 0 radical (unpaired) electrons. The van der Waals surface area contributed by atoms with Gasteiger partial charge < -0.3 is 19.7 Å². The molecule has 6 heteroatoms. The highest BCUT2D eigenvalue weighted by Gasteiger charge is 2.19. The third-order valence-corrected chi connectivity index (χ3v) is 6.61. The quantitative estimate of drug-likeness (QED) is 0.320. The summed E-state index contributed by atoms with van der Waals surface area (Å²) in [4.78, 5) is 9.66. The minimum Gasteiger partial charge on any atom is -0.381 e. The number of ether oxygens (including phenoxy) is 2. The molecule has 6 nitrogen and oxygen atoms in total. The molecule has 0 bridgehead atoms. The van der Waals surface area contributed by atoms with Crippen LogP contribution in [0.4, 0.5) is 0 Å². The molecule has 2 aliphatic heterocycles. The summed E-state index contributed by atoms with van der Waals surface area (Å²) < 4.78 is 11.6. The predicted molar refractivity (Wildman–Crippen MR) is 132 cm³/mol. The van der Waals surface area contributed by atoms with Crippen molar-refractivity contribution in [3.63, 3.8) is 0 Å². The van der Waals surface area contributed by atoms with Gasteiger partial charge in [-0.15, -0.1) is 0 Å². The van der Waals surface area contributed by atoms with Crippen LogP contribution in [-0.2, 0) is 16.0 Å². The fourth-order valence-corrected chi connectivity index (χ4v) is 4.56. The van der Waals surface area contributed by atoms with E-state index < -0.39 is 0 Å². The Morgan fingerprint density at radius 1 is 1.16 bits per heavy atom. The maximum absolute atomic E-state index is 6.17. The average Bonchev–Trinajstić information content (AvgIpc) is 2.84. The van der Waals surface area contributed by atoms with E-state index in [0.717, 1.165) is 90.2 Å². The monoisotopic (exact) mass is 444 g/mol. The van der Waals surface area contributed by atoms with Crippen LogP contribution in [0.5, 0.6) is 0 Å². The van der Waals surface area contributed by atoms with Gasteiger partial charge in [0.2, 0.25) is 0 Å². The van der Waals surface area contributed by atoms with Crippen molar-refractivity contribution in [1.29, 1.82) is 0 Å². The van der Waals surface area contributed by atoms with Gasteiger partial charge in [0.1, 0.15) is 0 Å². The second-order valence-corrected chi connectivity index (χ2v) is 9.19. The van der Waals surface area contributed by atoms with E-state index in [1.807, 2.05) is 0 Å². The Labute approximate surface area is 195 Å². The lowest BCUT2D eigenvalue weighted by Crippen LogP contribution is -2.40. The van der Waals surface area contributed by atoms with Crippen LogP contribution in [0.25, 0.3) is 0 Å². The molecule has 0 spiro atoms. The van der Waals surface area contributed by atoms with Crippen molar-refractivity contribution in [2.45, 2.75) is 58.1 Å². The van der Waals surface area contributed by atoms with E-state index in [1.165, 1.54) is 24.8 Å². The molecule has 0 amide bonds. The number of aliphatic imine (C=N–C) groups is 1. The molecule has 1 aromatic rings. The first-order valence-electron chi connectivity index (χ1n) is 12.7. The fourth-order valence-electron chi connectivity index (χ4n) is 4.56. The van der Waals surface area contributed by atoms with Crippen LogP contribution in [0.3, 0.4) is 0 Å². The topological polar surface area (TPSA) is 49.3 Å². The molecule has 1 aromatic carbocycles. The Morgan fingerprint density at radius 2 is 1.91 bits per heavy atom. The van der Waals surface area contributed by atoms with Crippen LogP contribution in [0, 0.1) is 5.92 Å². The van der Waals surface area contributed by atoms with Crippen molar-refractivity contribution in [2.75, 3.05) is 59.6 Å². The lowest BCUT2D eigenvalue weighted by Gasteiger charge is -2.32. The molecule has 1 N–H and O–H groups in total. The van der Waals surface area contributed by atoms with Gasteiger partial charge in [-0.2, -0.15) is 0 Å². The van der Waals surface area contributed by atoms with Crippen LogP contribution in [0.15, 0.2) is 35.3 Å². The average molecular weight is 445 g/mol. The van der Waals surface area contributed by atoms with Gasteiger partial charge in [0.15, 0.2) is 5.96 Å². The Morgan fingerprint density at radius 3 is 2.62 bits per heavy atom. The third kappa shape index (κ3) is 9.08. The Bertz CT molecular complexity index is 640. The molecule has 0 atom stereocenters. The summed E-state index contributed by atoms with van der Waals surface area (Å²) in [6.45, 7) is 10.9. The van der Waals surface area contributed by atoms with E-state index in [0.29, 0.717) is 6.10 Å². The van der Waals surface area contributed by atoms with E-state index >= 15 is 0 Å². The molecule has 2 aliphatic rings. The first-order valence-corrected chi connectivity index (χ1v) is 12.7. The molecule has 2 fully saturated rings. The first kappa shape index (κ1) is 25.0. The van der Waals surface area contributed by atoms with E-state index in [9.17, 15) is 0 Å². The molecule has 2 saturated heterocycles. The minimum absolute atomic E-state index is 0.404. The number of hydrogen-bond acceptors (Lipinski definition) is 4. The van der Waals surface area contributed by atoms with Gasteiger partial charge in [0.05, 0.1) is 6.10 Å².